The van der Waals surface area contributed by atoms with Crippen molar-refractivity contribution in [1.29, 1.82) is 0 Å². The number of likely N-dealkylation sites (tertiary alicyclic amines) is 1. The van der Waals surface area contributed by atoms with E-state index in [4.69, 9.17) is 5.73 Å². The van der Waals surface area contributed by atoms with Gasteiger partial charge in [-0.2, -0.15) is 0 Å². The number of aromatic nitrogens is 2. The van der Waals surface area contributed by atoms with Gasteiger partial charge in [0.05, 0.1) is 18.1 Å². The smallest absolute Gasteiger partial charge is 0.0946 e. The largest absolute Gasteiger partial charge is 0.336 e. The van der Waals surface area contributed by atoms with Crippen LogP contribution >= 0.6 is 0 Å². The van der Waals surface area contributed by atoms with E-state index in [1.165, 1.54) is 18.5 Å². The van der Waals surface area contributed by atoms with Crippen molar-refractivity contribution in [2.45, 2.75) is 18.9 Å². The molecule has 0 amide bonds. The van der Waals surface area contributed by atoms with Gasteiger partial charge in [0.25, 0.3) is 0 Å². The number of nitrogens with two attached hydrogens (primary N) is 1. The zero-order valence-electron chi connectivity index (χ0n) is 9.56. The lowest BCUT2D eigenvalue weighted by Crippen LogP contribution is -2.40. The Morgan fingerprint density at radius 2 is 2.33 bits per heavy atom. The van der Waals surface area contributed by atoms with Crippen molar-refractivity contribution < 1.29 is 0 Å². The summed E-state index contributed by atoms with van der Waals surface area (Å²) in [7, 11) is 4.23. The molecule has 15 heavy (non-hydrogen) atoms. The number of piperidine rings is 1. The highest BCUT2D eigenvalue weighted by atomic mass is 15.2. The molecule has 1 fully saturated rings. The minimum atomic E-state index is 0.441. The summed E-state index contributed by atoms with van der Waals surface area (Å²) in [6.45, 7) is 1.92. The molecule has 0 radical (unpaired) electrons. The second-order valence-corrected chi connectivity index (χ2v) is 4.49. The molecule has 4 nitrogen and oxygen atoms in total. The van der Waals surface area contributed by atoms with Crippen LogP contribution in [0.1, 0.15) is 24.6 Å². The molecule has 0 bridgehead atoms. The summed E-state index contributed by atoms with van der Waals surface area (Å²) in [5.41, 5.74) is 7.14. The van der Waals surface area contributed by atoms with E-state index >= 15 is 0 Å². The monoisotopic (exact) mass is 208 g/mol. The number of imidazole rings is 1. The first-order valence-corrected chi connectivity index (χ1v) is 5.60. The van der Waals surface area contributed by atoms with Crippen molar-refractivity contribution in [1.82, 2.24) is 14.5 Å². The summed E-state index contributed by atoms with van der Waals surface area (Å²) in [6.07, 6.45) is 6.32. The van der Waals surface area contributed by atoms with Crippen LogP contribution in [0.25, 0.3) is 0 Å². The molecule has 2 rings (SSSR count). The van der Waals surface area contributed by atoms with E-state index < -0.39 is 0 Å². The maximum atomic E-state index is 5.86. The summed E-state index contributed by atoms with van der Waals surface area (Å²) in [4.78, 5) is 6.60. The van der Waals surface area contributed by atoms with Crippen LogP contribution in [0.3, 0.4) is 0 Å². The van der Waals surface area contributed by atoms with Gasteiger partial charge in [-0.3, -0.25) is 4.90 Å². The molecule has 1 aliphatic rings. The third-order valence-electron chi connectivity index (χ3n) is 3.47. The first-order valence-electron chi connectivity index (χ1n) is 5.60. The molecular weight excluding hydrogens is 188 g/mol. The molecule has 0 aliphatic carbocycles. The van der Waals surface area contributed by atoms with E-state index in [-0.39, 0.29) is 0 Å². The van der Waals surface area contributed by atoms with Crippen molar-refractivity contribution in [2.75, 3.05) is 20.1 Å². The number of rotatable bonds is 2. The van der Waals surface area contributed by atoms with Gasteiger partial charge in [-0.15, -0.1) is 0 Å². The molecule has 4 heteroatoms. The maximum absolute atomic E-state index is 5.86. The SMILES string of the molecule is CN1CCC[C@@H](CN)[C@@H]1c1cncn1C. The summed E-state index contributed by atoms with van der Waals surface area (Å²) in [6, 6.07) is 0.441. The average Bonchev–Trinajstić information content (AvgIpc) is 2.64. The normalized spacial score (nSPS) is 28.2. The Labute approximate surface area is 91.1 Å². The van der Waals surface area contributed by atoms with Gasteiger partial charge in [0.2, 0.25) is 0 Å². The number of hydrogen-bond donors (Lipinski definition) is 1. The standard InChI is InChI=1S/C11H20N4/c1-14-5-3-4-9(6-12)11(14)10-7-13-8-15(10)2/h7-9,11H,3-6,12H2,1-2H3/t9-,11+/m0/s1. The molecule has 2 heterocycles. The highest BCUT2D eigenvalue weighted by molar-refractivity contribution is 5.08. The lowest BCUT2D eigenvalue weighted by atomic mass is 9.87. The van der Waals surface area contributed by atoms with E-state index in [9.17, 15) is 0 Å². The molecular formula is C11H20N4. The second kappa shape index (κ2) is 4.33. The van der Waals surface area contributed by atoms with Crippen LogP contribution in [0.15, 0.2) is 12.5 Å². The number of hydrogen-bond acceptors (Lipinski definition) is 3. The van der Waals surface area contributed by atoms with Crippen molar-refractivity contribution in [3.63, 3.8) is 0 Å². The number of aryl methyl sites for hydroxylation is 1. The number of nitrogens with zero attached hydrogens (tertiary/aromatic N) is 3. The summed E-state index contributed by atoms with van der Waals surface area (Å²) in [5, 5.41) is 0. The van der Waals surface area contributed by atoms with Crippen LogP contribution < -0.4 is 5.73 Å². The lowest BCUT2D eigenvalue weighted by molar-refractivity contribution is 0.119. The highest BCUT2D eigenvalue weighted by Gasteiger charge is 2.31. The van der Waals surface area contributed by atoms with Gasteiger partial charge in [-0.1, -0.05) is 0 Å². The molecule has 2 N–H and O–H groups in total. The van der Waals surface area contributed by atoms with Crippen molar-refractivity contribution in [3.8, 4) is 0 Å². The fraction of sp³-hybridized carbons (Fsp3) is 0.727. The van der Waals surface area contributed by atoms with E-state index in [2.05, 4.69) is 28.5 Å². The zero-order valence-corrected chi connectivity index (χ0v) is 9.56. The molecule has 0 unspecified atom stereocenters. The van der Waals surface area contributed by atoms with Crippen molar-refractivity contribution in [2.24, 2.45) is 18.7 Å². The quantitative estimate of drug-likeness (QED) is 0.780. The second-order valence-electron chi connectivity index (χ2n) is 4.49. The van der Waals surface area contributed by atoms with Crippen LogP contribution in [0.5, 0.6) is 0 Å². The first kappa shape index (κ1) is 10.6. The van der Waals surface area contributed by atoms with Gasteiger partial charge in [0, 0.05) is 13.2 Å². The van der Waals surface area contributed by atoms with E-state index in [1.54, 1.807) is 0 Å². The third kappa shape index (κ3) is 1.92. The Bertz CT molecular complexity index is 320. The lowest BCUT2D eigenvalue weighted by Gasteiger charge is -2.38. The van der Waals surface area contributed by atoms with Crippen molar-refractivity contribution in [3.05, 3.63) is 18.2 Å². The molecule has 1 saturated heterocycles. The minimum Gasteiger partial charge on any atom is -0.336 e. The Morgan fingerprint density at radius 1 is 1.53 bits per heavy atom. The van der Waals surface area contributed by atoms with E-state index in [0.717, 1.165) is 13.1 Å². The molecule has 2 atom stereocenters. The fourth-order valence-corrected chi connectivity index (χ4v) is 2.63. The van der Waals surface area contributed by atoms with Crippen LogP contribution in [0.4, 0.5) is 0 Å². The average molecular weight is 208 g/mol. The Hall–Kier alpha value is -0.870. The molecule has 84 valence electrons. The zero-order chi connectivity index (χ0) is 10.8. The van der Waals surface area contributed by atoms with Gasteiger partial charge in [0.1, 0.15) is 0 Å². The van der Waals surface area contributed by atoms with Gasteiger partial charge >= 0.3 is 0 Å². The topological polar surface area (TPSA) is 47.1 Å². The first-order chi connectivity index (χ1) is 7.24. The summed E-state index contributed by atoms with van der Waals surface area (Å²) >= 11 is 0. The Morgan fingerprint density at radius 3 is 2.93 bits per heavy atom. The predicted molar refractivity (Wildman–Crippen MR) is 60.4 cm³/mol. The van der Waals surface area contributed by atoms with Crippen LogP contribution in [0.2, 0.25) is 0 Å². The fourth-order valence-electron chi connectivity index (χ4n) is 2.63. The Balaban J connectivity index is 2.27. The summed E-state index contributed by atoms with van der Waals surface area (Å²) in [5.74, 6) is 0.569. The van der Waals surface area contributed by atoms with Gasteiger partial charge in [-0.05, 0) is 38.9 Å². The molecule has 1 aromatic heterocycles. The van der Waals surface area contributed by atoms with Gasteiger partial charge < -0.3 is 10.3 Å². The van der Waals surface area contributed by atoms with Crippen LogP contribution in [-0.2, 0) is 7.05 Å². The van der Waals surface area contributed by atoms with Crippen LogP contribution in [0, 0.1) is 5.92 Å². The van der Waals surface area contributed by atoms with Crippen molar-refractivity contribution >= 4 is 0 Å². The van der Waals surface area contributed by atoms with E-state index in [0.29, 0.717) is 12.0 Å². The van der Waals surface area contributed by atoms with Crippen LogP contribution in [-0.4, -0.2) is 34.6 Å². The molecule has 0 saturated carbocycles. The van der Waals surface area contributed by atoms with Gasteiger partial charge in [-0.25, -0.2) is 4.98 Å². The van der Waals surface area contributed by atoms with Gasteiger partial charge in [0.15, 0.2) is 0 Å². The molecule has 0 spiro atoms. The highest BCUT2D eigenvalue weighted by Crippen LogP contribution is 2.33. The molecule has 1 aliphatic heterocycles. The molecule has 0 aromatic carbocycles. The van der Waals surface area contributed by atoms with E-state index in [1.807, 2.05) is 12.5 Å². The Kier molecular flexibility index (Phi) is 3.07. The minimum absolute atomic E-state index is 0.441. The maximum Gasteiger partial charge on any atom is 0.0946 e. The predicted octanol–water partition coefficient (Wildman–Crippen LogP) is 0.762. The third-order valence-corrected chi connectivity index (χ3v) is 3.47. The molecule has 1 aromatic rings. The summed E-state index contributed by atoms with van der Waals surface area (Å²) < 4.78 is 2.11.